The number of rotatable bonds is 8. The first-order valence-corrected chi connectivity index (χ1v) is 12.9. The highest BCUT2D eigenvalue weighted by atomic mass is 35.5. The highest BCUT2D eigenvalue weighted by Gasteiger charge is 2.46. The first kappa shape index (κ1) is 26.4. The van der Waals surface area contributed by atoms with Gasteiger partial charge in [-0.3, -0.25) is 14.5 Å². The molecule has 7 nitrogen and oxygen atoms in total. The summed E-state index contributed by atoms with van der Waals surface area (Å²) in [5.74, 6) is -0.568. The number of carbonyl (C=O) groups excluding carboxylic acids is 2. The van der Waals surface area contributed by atoms with Crippen LogP contribution in [-0.2, 0) is 4.79 Å². The second kappa shape index (κ2) is 10.5. The molecular formula is C31H28ClNO6. The fourth-order valence-electron chi connectivity index (χ4n) is 4.74. The molecule has 3 aromatic carbocycles. The smallest absolute Gasteiger partial charge is 0.294 e. The minimum Gasteiger partial charge on any atom is -0.503 e. The third-order valence-electron chi connectivity index (χ3n) is 6.62. The number of hydrogen-bond donors (Lipinski definition) is 1. The molecule has 1 aliphatic rings. The van der Waals surface area contributed by atoms with E-state index in [0.717, 1.165) is 5.56 Å². The number of Topliss-reactive ketones (excluding diaryl/α,β-unsaturated/α-hetero) is 1. The standard InChI is InChI=1S/C31H28ClNO6/c1-17(2)16-38-22-11-9-21(10-12-22)33-27(23-8-6-5-7-18(23)3)26(29(35)31(33)36)28(34)24-14-19-13-20(32)15-25(37-4)30(19)39-24/h5-15,17,27,35H,16H2,1-4H3. The molecule has 1 aliphatic heterocycles. The molecule has 1 atom stereocenters. The number of nitrogens with zero attached hydrogens (tertiary/aromatic N) is 1. The highest BCUT2D eigenvalue weighted by Crippen LogP contribution is 2.44. The Morgan fingerprint density at radius 3 is 2.49 bits per heavy atom. The number of ether oxygens (including phenoxy) is 2. The molecule has 1 aromatic heterocycles. The highest BCUT2D eigenvalue weighted by molar-refractivity contribution is 6.31. The Balaban J connectivity index is 1.60. The van der Waals surface area contributed by atoms with Crippen LogP contribution in [-0.4, -0.2) is 30.5 Å². The van der Waals surface area contributed by atoms with Crippen LogP contribution in [0, 0.1) is 12.8 Å². The van der Waals surface area contributed by atoms with Crippen LogP contribution < -0.4 is 14.4 Å². The summed E-state index contributed by atoms with van der Waals surface area (Å²) in [6.45, 7) is 6.57. The van der Waals surface area contributed by atoms with E-state index in [0.29, 0.717) is 51.3 Å². The lowest BCUT2D eigenvalue weighted by Crippen LogP contribution is -2.31. The predicted molar refractivity (Wildman–Crippen MR) is 150 cm³/mol. The number of aliphatic hydroxyl groups excluding tert-OH is 1. The van der Waals surface area contributed by atoms with Crippen LogP contribution in [0.4, 0.5) is 5.69 Å². The van der Waals surface area contributed by atoms with Gasteiger partial charge in [-0.05, 0) is 60.4 Å². The van der Waals surface area contributed by atoms with Crippen molar-refractivity contribution in [2.75, 3.05) is 18.6 Å². The molecule has 1 amide bonds. The van der Waals surface area contributed by atoms with Gasteiger partial charge in [-0.1, -0.05) is 49.7 Å². The molecule has 0 saturated heterocycles. The number of aliphatic hydroxyl groups is 1. The van der Waals surface area contributed by atoms with Crippen molar-refractivity contribution in [1.82, 2.24) is 0 Å². The van der Waals surface area contributed by atoms with Crippen molar-refractivity contribution in [2.45, 2.75) is 26.8 Å². The van der Waals surface area contributed by atoms with E-state index in [1.807, 2.05) is 31.2 Å². The minimum absolute atomic E-state index is 0.0437. The molecule has 0 radical (unpaired) electrons. The van der Waals surface area contributed by atoms with Crippen molar-refractivity contribution in [3.05, 3.63) is 100.0 Å². The number of amides is 1. The fourth-order valence-corrected chi connectivity index (χ4v) is 4.96. The molecule has 0 bridgehead atoms. The molecule has 0 spiro atoms. The quantitative estimate of drug-likeness (QED) is 0.235. The number of aryl methyl sites for hydroxylation is 1. The average molecular weight is 546 g/mol. The molecule has 4 aromatic rings. The van der Waals surface area contributed by atoms with Gasteiger partial charge in [-0.25, -0.2) is 0 Å². The zero-order valence-corrected chi connectivity index (χ0v) is 22.8. The lowest BCUT2D eigenvalue weighted by atomic mass is 9.92. The Kier molecular flexibility index (Phi) is 7.10. The van der Waals surface area contributed by atoms with Crippen LogP contribution in [0.2, 0.25) is 5.02 Å². The summed E-state index contributed by atoms with van der Waals surface area (Å²) in [7, 11) is 1.48. The number of fused-ring (bicyclic) bond motifs is 1. The zero-order chi connectivity index (χ0) is 27.8. The molecule has 2 heterocycles. The lowest BCUT2D eigenvalue weighted by Gasteiger charge is -2.28. The Bertz CT molecular complexity index is 1600. The summed E-state index contributed by atoms with van der Waals surface area (Å²) in [4.78, 5) is 28.9. The molecule has 1 unspecified atom stereocenters. The second-order valence-corrected chi connectivity index (χ2v) is 10.3. The van der Waals surface area contributed by atoms with Gasteiger partial charge in [0.2, 0.25) is 5.78 Å². The van der Waals surface area contributed by atoms with Crippen LogP contribution in [0.5, 0.6) is 11.5 Å². The number of methoxy groups -OCH3 is 1. The number of benzene rings is 3. The van der Waals surface area contributed by atoms with Gasteiger partial charge in [0.1, 0.15) is 5.75 Å². The Morgan fingerprint density at radius 1 is 1.10 bits per heavy atom. The second-order valence-electron chi connectivity index (χ2n) is 9.86. The van der Waals surface area contributed by atoms with E-state index in [1.165, 1.54) is 18.1 Å². The fraction of sp³-hybridized carbons (Fsp3) is 0.226. The van der Waals surface area contributed by atoms with Crippen LogP contribution in [0.1, 0.15) is 41.6 Å². The number of carbonyl (C=O) groups is 2. The van der Waals surface area contributed by atoms with E-state index < -0.39 is 23.5 Å². The average Bonchev–Trinajstić information content (AvgIpc) is 3.46. The molecule has 8 heteroatoms. The SMILES string of the molecule is COc1cc(Cl)cc2cc(C(=O)C3=C(O)C(=O)N(c4ccc(OCC(C)C)cc4)C3c3ccccc3C)oc12. The van der Waals surface area contributed by atoms with E-state index in [4.69, 9.17) is 25.5 Å². The Morgan fingerprint density at radius 2 is 1.82 bits per heavy atom. The van der Waals surface area contributed by atoms with Crippen molar-refractivity contribution < 1.29 is 28.6 Å². The van der Waals surface area contributed by atoms with Crippen molar-refractivity contribution in [2.24, 2.45) is 5.92 Å². The number of ketones is 1. The predicted octanol–water partition coefficient (Wildman–Crippen LogP) is 7.22. The van der Waals surface area contributed by atoms with Crippen LogP contribution in [0.25, 0.3) is 11.0 Å². The summed E-state index contributed by atoms with van der Waals surface area (Å²) in [5.41, 5.74) is 2.34. The molecule has 0 saturated carbocycles. The van der Waals surface area contributed by atoms with E-state index in [1.54, 1.807) is 36.4 Å². The molecule has 200 valence electrons. The first-order valence-electron chi connectivity index (χ1n) is 12.6. The van der Waals surface area contributed by atoms with Crippen LogP contribution in [0.15, 0.2) is 82.5 Å². The number of furan rings is 1. The molecule has 39 heavy (non-hydrogen) atoms. The van der Waals surface area contributed by atoms with Crippen molar-refractivity contribution in [3.63, 3.8) is 0 Å². The van der Waals surface area contributed by atoms with Crippen molar-refractivity contribution >= 4 is 39.9 Å². The molecule has 0 fully saturated rings. The van der Waals surface area contributed by atoms with E-state index in [2.05, 4.69) is 13.8 Å². The van der Waals surface area contributed by atoms with Gasteiger partial charge < -0.3 is 19.0 Å². The summed E-state index contributed by atoms with van der Waals surface area (Å²) in [5, 5.41) is 12.1. The van der Waals surface area contributed by atoms with E-state index >= 15 is 0 Å². The van der Waals surface area contributed by atoms with Gasteiger partial charge in [-0.2, -0.15) is 0 Å². The summed E-state index contributed by atoms with van der Waals surface area (Å²) in [6, 6.07) is 18.4. The lowest BCUT2D eigenvalue weighted by molar-refractivity contribution is -0.117. The first-order chi connectivity index (χ1) is 18.7. The number of hydrogen-bond acceptors (Lipinski definition) is 6. The summed E-state index contributed by atoms with van der Waals surface area (Å²) in [6.07, 6.45) is 0. The Hall–Kier alpha value is -4.23. The topological polar surface area (TPSA) is 89.2 Å². The van der Waals surface area contributed by atoms with Gasteiger partial charge in [0, 0.05) is 22.2 Å². The van der Waals surface area contributed by atoms with Gasteiger partial charge in [0.05, 0.1) is 25.3 Å². The van der Waals surface area contributed by atoms with Crippen LogP contribution >= 0.6 is 11.6 Å². The van der Waals surface area contributed by atoms with Crippen molar-refractivity contribution in [3.8, 4) is 11.5 Å². The maximum atomic E-state index is 13.9. The molecular weight excluding hydrogens is 518 g/mol. The van der Waals surface area contributed by atoms with Gasteiger partial charge in [0.25, 0.3) is 5.91 Å². The van der Waals surface area contributed by atoms with E-state index in [9.17, 15) is 14.7 Å². The monoisotopic (exact) mass is 545 g/mol. The minimum atomic E-state index is -0.882. The van der Waals surface area contributed by atoms with Gasteiger partial charge in [-0.15, -0.1) is 0 Å². The van der Waals surface area contributed by atoms with Gasteiger partial charge >= 0.3 is 0 Å². The molecule has 0 aliphatic carbocycles. The summed E-state index contributed by atoms with van der Waals surface area (Å²) < 4.78 is 17.0. The third-order valence-corrected chi connectivity index (χ3v) is 6.84. The maximum absolute atomic E-state index is 13.9. The maximum Gasteiger partial charge on any atom is 0.294 e. The largest absolute Gasteiger partial charge is 0.503 e. The summed E-state index contributed by atoms with van der Waals surface area (Å²) >= 11 is 6.20. The molecule has 1 N–H and O–H groups in total. The Labute approximate surface area is 231 Å². The number of anilines is 1. The third kappa shape index (κ3) is 4.86. The van der Waals surface area contributed by atoms with Crippen LogP contribution in [0.3, 0.4) is 0 Å². The van der Waals surface area contributed by atoms with Crippen molar-refractivity contribution in [1.29, 1.82) is 0 Å². The zero-order valence-electron chi connectivity index (χ0n) is 22.0. The molecule has 5 rings (SSSR count). The van der Waals surface area contributed by atoms with E-state index in [-0.39, 0.29) is 11.3 Å². The number of halogens is 1. The normalized spacial score (nSPS) is 15.5. The van der Waals surface area contributed by atoms with Gasteiger partial charge in [0.15, 0.2) is 22.9 Å².